The van der Waals surface area contributed by atoms with Crippen molar-refractivity contribution in [1.82, 2.24) is 15.0 Å². The van der Waals surface area contributed by atoms with E-state index in [1.54, 1.807) is 6.26 Å². The lowest BCUT2D eigenvalue weighted by Gasteiger charge is -2.30. The number of rotatable bonds is 4. The van der Waals surface area contributed by atoms with Crippen molar-refractivity contribution < 1.29 is 8.94 Å². The second-order valence-electron chi connectivity index (χ2n) is 4.97. The summed E-state index contributed by atoms with van der Waals surface area (Å²) in [6, 6.07) is 3.63. The van der Waals surface area contributed by atoms with Gasteiger partial charge in [-0.15, -0.1) is 12.4 Å². The number of piperidine rings is 1. The van der Waals surface area contributed by atoms with E-state index in [0.29, 0.717) is 29.9 Å². The van der Waals surface area contributed by atoms with E-state index in [-0.39, 0.29) is 12.4 Å². The van der Waals surface area contributed by atoms with E-state index >= 15 is 0 Å². The monoisotopic (exact) mass is 298 g/mol. The maximum Gasteiger partial charge on any atom is 0.241 e. The van der Waals surface area contributed by atoms with Crippen LogP contribution in [0.1, 0.15) is 18.7 Å². The summed E-state index contributed by atoms with van der Waals surface area (Å²) in [5.41, 5.74) is 5.74. The largest absolute Gasteiger partial charge is 0.461 e. The number of nitrogens with zero attached hydrogens (tertiary/aromatic N) is 3. The van der Waals surface area contributed by atoms with Crippen LogP contribution in [0.4, 0.5) is 0 Å². The maximum absolute atomic E-state index is 5.74. The third-order valence-electron chi connectivity index (χ3n) is 3.50. The fraction of sp³-hybridized carbons (Fsp3) is 0.538. The molecule has 2 aromatic rings. The Morgan fingerprint density at radius 1 is 1.45 bits per heavy atom. The summed E-state index contributed by atoms with van der Waals surface area (Å²) < 4.78 is 10.5. The van der Waals surface area contributed by atoms with Crippen molar-refractivity contribution in [1.29, 1.82) is 0 Å². The van der Waals surface area contributed by atoms with Crippen LogP contribution in [-0.2, 0) is 6.54 Å². The Hall–Kier alpha value is -1.37. The van der Waals surface area contributed by atoms with Gasteiger partial charge >= 0.3 is 0 Å². The van der Waals surface area contributed by atoms with Crippen LogP contribution in [0, 0.1) is 5.92 Å². The van der Waals surface area contributed by atoms with Gasteiger partial charge in [0.2, 0.25) is 11.7 Å². The Balaban J connectivity index is 0.00000147. The lowest BCUT2D eigenvalue weighted by Crippen LogP contribution is -2.37. The Morgan fingerprint density at radius 2 is 2.35 bits per heavy atom. The molecule has 2 N–H and O–H groups in total. The van der Waals surface area contributed by atoms with Crippen LogP contribution in [0.5, 0.6) is 0 Å². The van der Waals surface area contributed by atoms with Gasteiger partial charge in [-0.3, -0.25) is 4.90 Å². The van der Waals surface area contributed by atoms with Gasteiger partial charge in [0.1, 0.15) is 0 Å². The molecular formula is C13H19ClN4O2. The van der Waals surface area contributed by atoms with Crippen molar-refractivity contribution in [2.45, 2.75) is 19.4 Å². The zero-order chi connectivity index (χ0) is 13.1. The number of aromatic nitrogens is 2. The standard InChI is InChI=1S/C13H18N4O2.ClH/c14-7-10-3-1-5-17(8-10)9-12-15-13(16-19-12)11-4-2-6-18-11;/h2,4,6,10H,1,3,5,7-9,14H2;1H. The summed E-state index contributed by atoms with van der Waals surface area (Å²) >= 11 is 0. The highest BCUT2D eigenvalue weighted by atomic mass is 35.5. The quantitative estimate of drug-likeness (QED) is 0.929. The summed E-state index contributed by atoms with van der Waals surface area (Å²) in [5.74, 6) is 2.35. The summed E-state index contributed by atoms with van der Waals surface area (Å²) in [4.78, 5) is 6.67. The van der Waals surface area contributed by atoms with Gasteiger partial charge in [0.25, 0.3) is 0 Å². The number of hydrogen-bond donors (Lipinski definition) is 1. The van der Waals surface area contributed by atoms with Crippen molar-refractivity contribution in [2.75, 3.05) is 19.6 Å². The summed E-state index contributed by atoms with van der Waals surface area (Å²) in [5, 5.41) is 3.93. The highest BCUT2D eigenvalue weighted by Crippen LogP contribution is 2.19. The van der Waals surface area contributed by atoms with Crippen molar-refractivity contribution in [3.63, 3.8) is 0 Å². The second-order valence-corrected chi connectivity index (χ2v) is 4.97. The number of halogens is 1. The second kappa shape index (κ2) is 6.88. The van der Waals surface area contributed by atoms with E-state index in [9.17, 15) is 0 Å². The smallest absolute Gasteiger partial charge is 0.241 e. The highest BCUT2D eigenvalue weighted by molar-refractivity contribution is 5.85. The van der Waals surface area contributed by atoms with Gasteiger partial charge in [0.15, 0.2) is 5.76 Å². The van der Waals surface area contributed by atoms with Crippen LogP contribution in [0.3, 0.4) is 0 Å². The molecule has 0 radical (unpaired) electrons. The SMILES string of the molecule is Cl.NCC1CCCN(Cc2nc(-c3ccco3)no2)C1. The lowest BCUT2D eigenvalue weighted by molar-refractivity contribution is 0.153. The van der Waals surface area contributed by atoms with Crippen LogP contribution < -0.4 is 5.73 Å². The lowest BCUT2D eigenvalue weighted by atomic mass is 9.98. The van der Waals surface area contributed by atoms with Crippen molar-refractivity contribution in [2.24, 2.45) is 11.7 Å². The van der Waals surface area contributed by atoms with E-state index in [0.717, 1.165) is 19.6 Å². The molecule has 1 fully saturated rings. The molecule has 7 heteroatoms. The third-order valence-corrected chi connectivity index (χ3v) is 3.50. The van der Waals surface area contributed by atoms with E-state index in [1.165, 1.54) is 12.8 Å². The zero-order valence-corrected chi connectivity index (χ0v) is 12.0. The molecule has 1 saturated heterocycles. The highest BCUT2D eigenvalue weighted by Gasteiger charge is 2.21. The summed E-state index contributed by atoms with van der Waals surface area (Å²) in [6.07, 6.45) is 4.00. The predicted octanol–water partition coefficient (Wildman–Crippen LogP) is 1.92. The fourth-order valence-corrected chi connectivity index (χ4v) is 2.50. The molecule has 0 amide bonds. The molecule has 2 aromatic heterocycles. The molecule has 1 atom stereocenters. The molecule has 1 aliphatic heterocycles. The minimum Gasteiger partial charge on any atom is -0.461 e. The van der Waals surface area contributed by atoms with E-state index in [2.05, 4.69) is 15.0 Å². The number of likely N-dealkylation sites (tertiary alicyclic amines) is 1. The molecule has 0 aromatic carbocycles. The van der Waals surface area contributed by atoms with Gasteiger partial charge in [-0.05, 0) is 44.0 Å². The first-order chi connectivity index (χ1) is 9.35. The maximum atomic E-state index is 5.74. The molecule has 6 nitrogen and oxygen atoms in total. The van der Waals surface area contributed by atoms with E-state index in [4.69, 9.17) is 14.7 Å². The summed E-state index contributed by atoms with van der Waals surface area (Å²) in [7, 11) is 0. The van der Waals surface area contributed by atoms with Crippen LogP contribution in [0.15, 0.2) is 27.3 Å². The molecule has 20 heavy (non-hydrogen) atoms. The molecule has 3 heterocycles. The van der Waals surface area contributed by atoms with Gasteiger partial charge < -0.3 is 14.7 Å². The van der Waals surface area contributed by atoms with Crippen molar-refractivity contribution in [3.8, 4) is 11.6 Å². The average molecular weight is 299 g/mol. The van der Waals surface area contributed by atoms with Crippen molar-refractivity contribution >= 4 is 12.4 Å². The Kier molecular flexibility index (Phi) is 5.17. The minimum absolute atomic E-state index is 0. The van der Waals surface area contributed by atoms with Crippen molar-refractivity contribution in [3.05, 3.63) is 24.3 Å². The van der Waals surface area contributed by atoms with Gasteiger partial charge in [-0.1, -0.05) is 5.16 Å². The van der Waals surface area contributed by atoms with Gasteiger partial charge in [-0.25, -0.2) is 0 Å². The molecule has 1 unspecified atom stereocenters. The van der Waals surface area contributed by atoms with Gasteiger partial charge in [0, 0.05) is 6.54 Å². The molecule has 110 valence electrons. The molecule has 0 spiro atoms. The normalized spacial score (nSPS) is 19.8. The van der Waals surface area contributed by atoms with Crippen LogP contribution in [-0.4, -0.2) is 34.7 Å². The number of hydrogen-bond acceptors (Lipinski definition) is 6. The molecule has 0 bridgehead atoms. The minimum atomic E-state index is 0. The van der Waals surface area contributed by atoms with Crippen LogP contribution in [0.2, 0.25) is 0 Å². The summed E-state index contributed by atoms with van der Waals surface area (Å²) in [6.45, 7) is 3.51. The predicted molar refractivity (Wildman–Crippen MR) is 76.3 cm³/mol. The molecule has 0 saturated carbocycles. The number of nitrogens with two attached hydrogens (primary N) is 1. The first kappa shape index (κ1) is 15.0. The van der Waals surface area contributed by atoms with E-state index in [1.807, 2.05) is 12.1 Å². The first-order valence-electron chi connectivity index (χ1n) is 6.64. The van der Waals surface area contributed by atoms with Gasteiger partial charge in [-0.2, -0.15) is 4.98 Å². The number of furan rings is 1. The molecule has 3 rings (SSSR count). The van der Waals surface area contributed by atoms with Crippen LogP contribution in [0.25, 0.3) is 11.6 Å². The fourth-order valence-electron chi connectivity index (χ4n) is 2.50. The Bertz CT molecular complexity index is 514. The Labute approximate surface area is 123 Å². The van der Waals surface area contributed by atoms with Crippen LogP contribution >= 0.6 is 12.4 Å². The Morgan fingerprint density at radius 3 is 3.10 bits per heavy atom. The molecule has 1 aliphatic rings. The third kappa shape index (κ3) is 3.39. The molecule has 0 aliphatic carbocycles. The average Bonchev–Trinajstić information content (AvgIpc) is 3.09. The topological polar surface area (TPSA) is 81.3 Å². The van der Waals surface area contributed by atoms with E-state index < -0.39 is 0 Å². The zero-order valence-electron chi connectivity index (χ0n) is 11.2. The van der Waals surface area contributed by atoms with Gasteiger partial charge in [0.05, 0.1) is 12.8 Å². The first-order valence-corrected chi connectivity index (χ1v) is 6.64. The molecular weight excluding hydrogens is 280 g/mol.